The smallest absolute Gasteiger partial charge is 0.226 e. The Morgan fingerprint density at radius 3 is 2.75 bits per heavy atom. The van der Waals surface area contributed by atoms with Crippen LogP contribution in [0.1, 0.15) is 31.9 Å². The second kappa shape index (κ2) is 5.00. The standard InChI is InChI=1S/C12H18ClN3/c1-3-6-16(8-10-4-5-10)12-14-9(2)7-11(13)15-12/h7,10H,3-6,8H2,1-2H3. The number of aromatic nitrogens is 2. The molecule has 4 heteroatoms. The van der Waals surface area contributed by atoms with Crippen molar-refractivity contribution in [2.75, 3.05) is 18.0 Å². The van der Waals surface area contributed by atoms with Gasteiger partial charge in [-0.1, -0.05) is 18.5 Å². The first-order chi connectivity index (χ1) is 7.69. The number of rotatable bonds is 5. The Hall–Kier alpha value is -0.830. The first kappa shape index (κ1) is 11.6. The number of nitrogens with zero attached hydrogens (tertiary/aromatic N) is 3. The highest BCUT2D eigenvalue weighted by Crippen LogP contribution is 2.31. The van der Waals surface area contributed by atoms with E-state index in [2.05, 4.69) is 21.8 Å². The zero-order chi connectivity index (χ0) is 11.5. The lowest BCUT2D eigenvalue weighted by Gasteiger charge is -2.22. The van der Waals surface area contributed by atoms with Gasteiger partial charge >= 0.3 is 0 Å². The third-order valence-electron chi connectivity index (χ3n) is 2.76. The minimum absolute atomic E-state index is 0.541. The zero-order valence-corrected chi connectivity index (χ0v) is 10.7. The summed E-state index contributed by atoms with van der Waals surface area (Å²) in [5, 5.41) is 0.541. The van der Waals surface area contributed by atoms with Crippen LogP contribution in [0.15, 0.2) is 6.07 Å². The van der Waals surface area contributed by atoms with Gasteiger partial charge in [0.05, 0.1) is 0 Å². The zero-order valence-electron chi connectivity index (χ0n) is 9.91. The maximum atomic E-state index is 5.97. The minimum Gasteiger partial charge on any atom is -0.341 e. The largest absolute Gasteiger partial charge is 0.341 e. The first-order valence-corrected chi connectivity index (χ1v) is 6.33. The van der Waals surface area contributed by atoms with E-state index in [1.54, 1.807) is 6.07 Å². The van der Waals surface area contributed by atoms with Gasteiger partial charge in [-0.2, -0.15) is 0 Å². The van der Waals surface area contributed by atoms with E-state index in [0.29, 0.717) is 5.15 Å². The number of anilines is 1. The molecule has 1 aliphatic rings. The maximum absolute atomic E-state index is 5.97. The van der Waals surface area contributed by atoms with Crippen LogP contribution in [0, 0.1) is 12.8 Å². The molecule has 1 fully saturated rings. The summed E-state index contributed by atoms with van der Waals surface area (Å²) in [4.78, 5) is 11.0. The van der Waals surface area contributed by atoms with E-state index in [0.717, 1.165) is 37.1 Å². The summed E-state index contributed by atoms with van der Waals surface area (Å²) in [5.41, 5.74) is 0.937. The van der Waals surface area contributed by atoms with E-state index in [9.17, 15) is 0 Å². The van der Waals surface area contributed by atoms with Crippen LogP contribution in [0.2, 0.25) is 5.15 Å². The average Bonchev–Trinajstić information content (AvgIpc) is 2.99. The monoisotopic (exact) mass is 239 g/mol. The number of hydrogen-bond acceptors (Lipinski definition) is 3. The molecular formula is C12H18ClN3. The topological polar surface area (TPSA) is 29.0 Å². The van der Waals surface area contributed by atoms with E-state index in [4.69, 9.17) is 11.6 Å². The van der Waals surface area contributed by atoms with Crippen molar-refractivity contribution >= 4 is 17.5 Å². The Morgan fingerprint density at radius 2 is 2.19 bits per heavy atom. The molecule has 1 aromatic heterocycles. The van der Waals surface area contributed by atoms with Crippen molar-refractivity contribution in [2.24, 2.45) is 5.92 Å². The Morgan fingerprint density at radius 1 is 1.44 bits per heavy atom. The summed E-state index contributed by atoms with van der Waals surface area (Å²) in [5.74, 6) is 1.63. The molecular weight excluding hydrogens is 222 g/mol. The predicted molar refractivity (Wildman–Crippen MR) is 67.0 cm³/mol. The molecule has 0 aromatic carbocycles. The summed E-state index contributed by atoms with van der Waals surface area (Å²) in [6.45, 7) is 6.22. The summed E-state index contributed by atoms with van der Waals surface area (Å²) < 4.78 is 0. The molecule has 88 valence electrons. The Labute approximate surface area is 102 Å². The van der Waals surface area contributed by atoms with Gasteiger partial charge in [0.15, 0.2) is 0 Å². The summed E-state index contributed by atoms with van der Waals surface area (Å²) in [6, 6.07) is 1.80. The van der Waals surface area contributed by atoms with Crippen LogP contribution in [0.4, 0.5) is 5.95 Å². The van der Waals surface area contributed by atoms with Gasteiger partial charge in [0, 0.05) is 18.8 Å². The lowest BCUT2D eigenvalue weighted by Crippen LogP contribution is -2.28. The molecule has 16 heavy (non-hydrogen) atoms. The van der Waals surface area contributed by atoms with E-state index >= 15 is 0 Å². The van der Waals surface area contributed by atoms with E-state index in [1.165, 1.54) is 12.8 Å². The fraction of sp³-hybridized carbons (Fsp3) is 0.667. The van der Waals surface area contributed by atoms with Crippen LogP contribution in [-0.2, 0) is 0 Å². The number of hydrogen-bond donors (Lipinski definition) is 0. The molecule has 0 atom stereocenters. The van der Waals surface area contributed by atoms with Gasteiger partial charge in [0.1, 0.15) is 5.15 Å². The molecule has 2 rings (SSSR count). The lowest BCUT2D eigenvalue weighted by atomic mass is 10.3. The van der Waals surface area contributed by atoms with E-state index in [1.807, 2.05) is 6.92 Å². The SMILES string of the molecule is CCCN(CC1CC1)c1nc(C)cc(Cl)n1. The van der Waals surface area contributed by atoms with Crippen LogP contribution in [0.3, 0.4) is 0 Å². The van der Waals surface area contributed by atoms with Gasteiger partial charge in [-0.05, 0) is 38.2 Å². The third-order valence-corrected chi connectivity index (χ3v) is 2.96. The molecule has 1 aromatic rings. The van der Waals surface area contributed by atoms with Gasteiger partial charge in [-0.3, -0.25) is 0 Å². The quantitative estimate of drug-likeness (QED) is 0.740. The Balaban J connectivity index is 2.15. The van der Waals surface area contributed by atoms with Crippen LogP contribution >= 0.6 is 11.6 Å². The molecule has 1 heterocycles. The molecule has 0 spiro atoms. The van der Waals surface area contributed by atoms with Crippen molar-refractivity contribution in [3.63, 3.8) is 0 Å². The highest BCUT2D eigenvalue weighted by Gasteiger charge is 2.25. The molecule has 0 amide bonds. The van der Waals surface area contributed by atoms with Crippen LogP contribution in [0.5, 0.6) is 0 Å². The summed E-state index contributed by atoms with van der Waals surface area (Å²) in [7, 11) is 0. The highest BCUT2D eigenvalue weighted by atomic mass is 35.5. The van der Waals surface area contributed by atoms with Crippen molar-refractivity contribution < 1.29 is 0 Å². The summed E-state index contributed by atoms with van der Waals surface area (Å²) in [6.07, 6.45) is 3.81. The normalized spacial score (nSPS) is 15.2. The van der Waals surface area contributed by atoms with Crippen molar-refractivity contribution in [3.8, 4) is 0 Å². The van der Waals surface area contributed by atoms with Gasteiger partial charge in [0.2, 0.25) is 5.95 Å². The van der Waals surface area contributed by atoms with Crippen molar-refractivity contribution in [2.45, 2.75) is 33.1 Å². The van der Waals surface area contributed by atoms with Crippen LogP contribution < -0.4 is 4.90 Å². The van der Waals surface area contributed by atoms with Crippen molar-refractivity contribution in [3.05, 3.63) is 16.9 Å². The predicted octanol–water partition coefficient (Wildman–Crippen LogP) is 3.06. The van der Waals surface area contributed by atoms with Gasteiger partial charge in [-0.25, -0.2) is 9.97 Å². The highest BCUT2D eigenvalue weighted by molar-refractivity contribution is 6.29. The molecule has 0 radical (unpaired) electrons. The Kier molecular flexibility index (Phi) is 3.64. The fourth-order valence-corrected chi connectivity index (χ4v) is 2.05. The van der Waals surface area contributed by atoms with Crippen molar-refractivity contribution in [1.82, 2.24) is 9.97 Å². The second-order valence-corrected chi connectivity index (χ2v) is 4.91. The molecule has 3 nitrogen and oxygen atoms in total. The fourth-order valence-electron chi connectivity index (χ4n) is 1.81. The Bertz CT molecular complexity index is 343. The number of halogens is 1. The third kappa shape index (κ3) is 3.08. The molecule has 0 bridgehead atoms. The van der Waals surface area contributed by atoms with Crippen LogP contribution in [0.25, 0.3) is 0 Å². The molecule has 0 unspecified atom stereocenters. The van der Waals surface area contributed by atoms with Crippen LogP contribution in [-0.4, -0.2) is 23.1 Å². The molecule has 1 aliphatic carbocycles. The average molecular weight is 240 g/mol. The molecule has 0 aliphatic heterocycles. The van der Waals surface area contributed by atoms with Crippen molar-refractivity contribution in [1.29, 1.82) is 0 Å². The van der Waals surface area contributed by atoms with E-state index < -0.39 is 0 Å². The van der Waals surface area contributed by atoms with Gasteiger partial charge < -0.3 is 4.90 Å². The van der Waals surface area contributed by atoms with Gasteiger partial charge in [-0.15, -0.1) is 0 Å². The molecule has 1 saturated carbocycles. The van der Waals surface area contributed by atoms with E-state index in [-0.39, 0.29) is 0 Å². The summed E-state index contributed by atoms with van der Waals surface area (Å²) >= 11 is 5.97. The maximum Gasteiger partial charge on any atom is 0.226 e. The number of aryl methyl sites for hydroxylation is 1. The lowest BCUT2D eigenvalue weighted by molar-refractivity contribution is 0.687. The van der Waals surface area contributed by atoms with Gasteiger partial charge in [0.25, 0.3) is 0 Å². The first-order valence-electron chi connectivity index (χ1n) is 5.95. The minimum atomic E-state index is 0.541. The molecule has 0 N–H and O–H groups in total. The molecule has 0 saturated heterocycles. The second-order valence-electron chi connectivity index (χ2n) is 4.52.